The second-order valence-corrected chi connectivity index (χ2v) is 6.00. The fraction of sp³-hybridized carbons (Fsp3) is 0.300. The second-order valence-electron chi connectivity index (χ2n) is 6.00. The third kappa shape index (κ3) is 3.42. The number of methoxy groups -OCH3 is 1. The third-order valence-corrected chi connectivity index (χ3v) is 4.22. The molecule has 1 aromatic heterocycles. The molecule has 25 heavy (non-hydrogen) atoms. The highest BCUT2D eigenvalue weighted by molar-refractivity contribution is 5.77. The molecule has 5 nitrogen and oxygen atoms in total. The lowest BCUT2D eigenvalue weighted by Crippen LogP contribution is -2.30. The summed E-state index contributed by atoms with van der Waals surface area (Å²) in [7, 11) is 1.63. The van der Waals surface area contributed by atoms with Crippen LogP contribution in [0.2, 0.25) is 0 Å². The van der Waals surface area contributed by atoms with Crippen LogP contribution in [0.4, 0.5) is 0 Å². The highest BCUT2D eigenvalue weighted by Gasteiger charge is 2.17. The van der Waals surface area contributed by atoms with E-state index in [0.717, 1.165) is 29.9 Å². The highest BCUT2D eigenvalue weighted by Crippen LogP contribution is 2.20. The molecule has 0 spiro atoms. The second kappa shape index (κ2) is 7.49. The van der Waals surface area contributed by atoms with Crippen molar-refractivity contribution in [2.75, 3.05) is 13.7 Å². The molecule has 1 atom stereocenters. The molecule has 0 aliphatic heterocycles. The molecular formula is C20H23N3O2. The number of hydrogen-bond acceptors (Lipinski definition) is 4. The zero-order valence-corrected chi connectivity index (χ0v) is 14.8. The van der Waals surface area contributed by atoms with Gasteiger partial charge in [0.25, 0.3) is 5.56 Å². The van der Waals surface area contributed by atoms with E-state index in [-0.39, 0.29) is 11.6 Å². The Morgan fingerprint density at radius 3 is 2.56 bits per heavy atom. The predicted octanol–water partition coefficient (Wildman–Crippen LogP) is 3.45. The average Bonchev–Trinajstić information content (AvgIpc) is 2.66. The molecule has 0 aliphatic carbocycles. The van der Waals surface area contributed by atoms with E-state index < -0.39 is 0 Å². The van der Waals surface area contributed by atoms with Gasteiger partial charge in [-0.3, -0.25) is 9.36 Å². The molecule has 3 rings (SSSR count). The van der Waals surface area contributed by atoms with Crippen molar-refractivity contribution in [3.63, 3.8) is 0 Å². The molecular weight excluding hydrogens is 314 g/mol. The van der Waals surface area contributed by atoms with Crippen molar-refractivity contribution in [3.8, 4) is 11.4 Å². The lowest BCUT2D eigenvalue weighted by molar-refractivity contribution is 0.414. The van der Waals surface area contributed by atoms with Gasteiger partial charge in [-0.25, -0.2) is 4.98 Å². The van der Waals surface area contributed by atoms with Crippen LogP contribution in [-0.4, -0.2) is 23.2 Å². The van der Waals surface area contributed by atoms with Crippen molar-refractivity contribution in [1.82, 2.24) is 14.9 Å². The van der Waals surface area contributed by atoms with Crippen molar-refractivity contribution in [3.05, 3.63) is 64.7 Å². The number of para-hydroxylation sites is 1. The zero-order chi connectivity index (χ0) is 17.8. The minimum atomic E-state index is -0.0593. The monoisotopic (exact) mass is 337 g/mol. The maximum Gasteiger partial charge on any atom is 0.266 e. The number of aromatic nitrogens is 2. The number of nitrogens with zero attached hydrogens (tertiary/aromatic N) is 2. The number of ether oxygens (including phenoxy) is 1. The normalized spacial score (nSPS) is 12.3. The van der Waals surface area contributed by atoms with E-state index in [0.29, 0.717) is 11.2 Å². The Morgan fingerprint density at radius 1 is 1.16 bits per heavy atom. The van der Waals surface area contributed by atoms with Gasteiger partial charge in [0.15, 0.2) is 0 Å². The molecule has 0 saturated heterocycles. The van der Waals surface area contributed by atoms with Crippen LogP contribution >= 0.6 is 0 Å². The number of hydrogen-bond donors (Lipinski definition) is 1. The van der Waals surface area contributed by atoms with Crippen LogP contribution in [0, 0.1) is 0 Å². The summed E-state index contributed by atoms with van der Waals surface area (Å²) in [6.07, 6.45) is 1.02. The van der Waals surface area contributed by atoms with Crippen molar-refractivity contribution in [2.45, 2.75) is 26.3 Å². The van der Waals surface area contributed by atoms with Crippen LogP contribution in [0.25, 0.3) is 16.6 Å². The minimum Gasteiger partial charge on any atom is -0.497 e. The summed E-state index contributed by atoms with van der Waals surface area (Å²) in [5.41, 5.74) is 1.44. The SMILES string of the molecule is CCCNC(C)c1nc2ccccc2c(=O)n1-c1ccc(OC)cc1. The molecule has 0 radical (unpaired) electrons. The van der Waals surface area contributed by atoms with Crippen LogP contribution in [-0.2, 0) is 0 Å². The summed E-state index contributed by atoms with van der Waals surface area (Å²) < 4.78 is 6.91. The number of fused-ring (bicyclic) bond motifs is 1. The van der Waals surface area contributed by atoms with Crippen molar-refractivity contribution >= 4 is 10.9 Å². The smallest absolute Gasteiger partial charge is 0.266 e. The lowest BCUT2D eigenvalue weighted by atomic mass is 10.2. The molecule has 0 aliphatic rings. The fourth-order valence-corrected chi connectivity index (χ4v) is 2.87. The lowest BCUT2D eigenvalue weighted by Gasteiger charge is -2.19. The maximum atomic E-state index is 13.1. The van der Waals surface area contributed by atoms with E-state index in [9.17, 15) is 4.79 Å². The topological polar surface area (TPSA) is 56.2 Å². The van der Waals surface area contributed by atoms with Gasteiger partial charge in [-0.1, -0.05) is 19.1 Å². The van der Waals surface area contributed by atoms with E-state index >= 15 is 0 Å². The molecule has 0 saturated carbocycles. The number of benzene rings is 2. The Balaban J connectivity index is 2.22. The van der Waals surface area contributed by atoms with E-state index in [1.165, 1.54) is 0 Å². The molecule has 0 amide bonds. The van der Waals surface area contributed by atoms with Gasteiger partial charge in [0.05, 0.1) is 29.7 Å². The molecule has 5 heteroatoms. The number of nitrogens with one attached hydrogen (secondary N) is 1. The summed E-state index contributed by atoms with van der Waals surface area (Å²) in [5.74, 6) is 1.46. The Labute approximate surface area is 147 Å². The van der Waals surface area contributed by atoms with Crippen LogP contribution in [0.3, 0.4) is 0 Å². The molecule has 0 fully saturated rings. The Hall–Kier alpha value is -2.66. The van der Waals surface area contributed by atoms with Crippen LogP contribution < -0.4 is 15.6 Å². The molecule has 1 heterocycles. The Morgan fingerprint density at radius 2 is 1.88 bits per heavy atom. The number of rotatable bonds is 6. The first-order valence-corrected chi connectivity index (χ1v) is 8.55. The summed E-state index contributed by atoms with van der Waals surface area (Å²) in [4.78, 5) is 17.9. The largest absolute Gasteiger partial charge is 0.497 e. The molecule has 1 N–H and O–H groups in total. The minimum absolute atomic E-state index is 0.0423. The third-order valence-electron chi connectivity index (χ3n) is 4.22. The van der Waals surface area contributed by atoms with Gasteiger partial charge in [0.2, 0.25) is 0 Å². The van der Waals surface area contributed by atoms with Gasteiger partial charge in [-0.15, -0.1) is 0 Å². The molecule has 1 unspecified atom stereocenters. The predicted molar refractivity (Wildman–Crippen MR) is 101 cm³/mol. The van der Waals surface area contributed by atoms with Crippen molar-refractivity contribution in [1.29, 1.82) is 0 Å². The van der Waals surface area contributed by atoms with Gasteiger partial charge in [0, 0.05) is 0 Å². The van der Waals surface area contributed by atoms with Crippen molar-refractivity contribution in [2.24, 2.45) is 0 Å². The van der Waals surface area contributed by atoms with E-state index in [2.05, 4.69) is 12.2 Å². The molecule has 3 aromatic rings. The fourth-order valence-electron chi connectivity index (χ4n) is 2.87. The van der Waals surface area contributed by atoms with Crippen LogP contribution in [0.1, 0.15) is 32.1 Å². The average molecular weight is 337 g/mol. The first kappa shape index (κ1) is 17.2. The molecule has 130 valence electrons. The zero-order valence-electron chi connectivity index (χ0n) is 14.8. The van der Waals surface area contributed by atoms with E-state index in [1.54, 1.807) is 11.7 Å². The standard InChI is InChI=1S/C20H23N3O2/c1-4-13-21-14(2)19-22-18-8-6-5-7-17(18)20(24)23(19)15-9-11-16(25-3)12-10-15/h5-12,14,21H,4,13H2,1-3H3. The first-order valence-electron chi connectivity index (χ1n) is 8.55. The van der Waals surface area contributed by atoms with E-state index in [1.807, 2.05) is 55.5 Å². The summed E-state index contributed by atoms with van der Waals surface area (Å²) >= 11 is 0. The van der Waals surface area contributed by atoms with Gasteiger partial charge < -0.3 is 10.1 Å². The first-order chi connectivity index (χ1) is 12.2. The summed E-state index contributed by atoms with van der Waals surface area (Å²) in [5, 5.41) is 4.04. The maximum absolute atomic E-state index is 13.1. The van der Waals surface area contributed by atoms with Crippen LogP contribution in [0.15, 0.2) is 53.3 Å². The van der Waals surface area contributed by atoms with Gasteiger partial charge in [-0.05, 0) is 56.3 Å². The van der Waals surface area contributed by atoms with E-state index in [4.69, 9.17) is 9.72 Å². The summed E-state index contributed by atoms with van der Waals surface area (Å²) in [6, 6.07) is 14.9. The Kier molecular flexibility index (Phi) is 5.14. The van der Waals surface area contributed by atoms with Gasteiger partial charge >= 0.3 is 0 Å². The van der Waals surface area contributed by atoms with Gasteiger partial charge in [-0.2, -0.15) is 0 Å². The van der Waals surface area contributed by atoms with Crippen LogP contribution in [0.5, 0.6) is 5.75 Å². The molecule has 2 aromatic carbocycles. The Bertz CT molecular complexity index is 916. The highest BCUT2D eigenvalue weighted by atomic mass is 16.5. The quantitative estimate of drug-likeness (QED) is 0.748. The summed E-state index contributed by atoms with van der Waals surface area (Å²) in [6.45, 7) is 5.02. The van der Waals surface area contributed by atoms with Crippen molar-refractivity contribution < 1.29 is 4.74 Å². The van der Waals surface area contributed by atoms with Gasteiger partial charge in [0.1, 0.15) is 11.6 Å². The molecule has 0 bridgehead atoms.